The van der Waals surface area contributed by atoms with Gasteiger partial charge in [0, 0.05) is 4.47 Å². The number of anilines is 1. The predicted molar refractivity (Wildman–Crippen MR) is 65.0 cm³/mol. The minimum absolute atomic E-state index is 0.146. The van der Waals surface area contributed by atoms with Crippen molar-refractivity contribution in [3.05, 3.63) is 52.8 Å². The molecule has 4 heteroatoms. The fraction of sp³-hybridized carbons (Fsp3) is 0. The standard InChI is InChI=1S/C12H9BrFNO/c13-8-5-6-9(14)12(7-8)16-11-4-2-1-3-10(11)15/h1-7H,15H2. The Morgan fingerprint density at radius 3 is 2.56 bits per heavy atom. The Hall–Kier alpha value is -1.55. The van der Waals surface area contributed by atoms with E-state index in [-0.39, 0.29) is 5.75 Å². The summed E-state index contributed by atoms with van der Waals surface area (Å²) < 4.78 is 19.5. The summed E-state index contributed by atoms with van der Waals surface area (Å²) in [6, 6.07) is 11.5. The first-order valence-electron chi connectivity index (χ1n) is 4.64. The van der Waals surface area contributed by atoms with Crippen molar-refractivity contribution >= 4 is 21.6 Å². The van der Waals surface area contributed by atoms with Crippen LogP contribution in [0.3, 0.4) is 0 Å². The van der Waals surface area contributed by atoms with Crippen molar-refractivity contribution in [3.63, 3.8) is 0 Å². The monoisotopic (exact) mass is 281 g/mol. The van der Waals surface area contributed by atoms with Crippen molar-refractivity contribution in [1.29, 1.82) is 0 Å². The third-order valence-corrected chi connectivity index (χ3v) is 2.53. The van der Waals surface area contributed by atoms with Crippen molar-refractivity contribution in [3.8, 4) is 11.5 Å². The Bertz CT molecular complexity index is 516. The lowest BCUT2D eigenvalue weighted by Gasteiger charge is -2.09. The van der Waals surface area contributed by atoms with Gasteiger partial charge in [-0.25, -0.2) is 4.39 Å². The maximum atomic E-state index is 13.4. The Labute approximate surface area is 101 Å². The number of nitrogen functional groups attached to an aromatic ring is 1. The molecule has 0 radical (unpaired) electrons. The lowest BCUT2D eigenvalue weighted by molar-refractivity contribution is 0.443. The molecule has 0 saturated carbocycles. The molecule has 0 spiro atoms. The number of hydrogen-bond donors (Lipinski definition) is 1. The van der Waals surface area contributed by atoms with Gasteiger partial charge in [-0.2, -0.15) is 0 Å². The highest BCUT2D eigenvalue weighted by Gasteiger charge is 2.06. The number of halogens is 2. The molecule has 0 aliphatic heterocycles. The zero-order valence-electron chi connectivity index (χ0n) is 8.28. The lowest BCUT2D eigenvalue weighted by Crippen LogP contribution is -1.93. The molecule has 0 heterocycles. The molecule has 82 valence electrons. The number of para-hydroxylation sites is 2. The number of hydrogen-bond acceptors (Lipinski definition) is 2. The second-order valence-corrected chi connectivity index (χ2v) is 4.13. The quantitative estimate of drug-likeness (QED) is 0.846. The Kier molecular flexibility index (Phi) is 3.10. The van der Waals surface area contributed by atoms with Gasteiger partial charge in [0.1, 0.15) is 5.75 Å². The largest absolute Gasteiger partial charge is 0.452 e. The van der Waals surface area contributed by atoms with Crippen molar-refractivity contribution in [2.45, 2.75) is 0 Å². The van der Waals surface area contributed by atoms with Crippen LogP contribution in [0.15, 0.2) is 46.9 Å². The maximum Gasteiger partial charge on any atom is 0.165 e. The zero-order valence-corrected chi connectivity index (χ0v) is 9.87. The van der Waals surface area contributed by atoms with Crippen LogP contribution in [-0.2, 0) is 0 Å². The third kappa shape index (κ3) is 2.33. The predicted octanol–water partition coefficient (Wildman–Crippen LogP) is 3.96. The third-order valence-electron chi connectivity index (χ3n) is 2.03. The summed E-state index contributed by atoms with van der Waals surface area (Å²) in [5.41, 5.74) is 6.17. The Balaban J connectivity index is 2.34. The minimum Gasteiger partial charge on any atom is -0.452 e. The average Bonchev–Trinajstić information content (AvgIpc) is 2.27. The van der Waals surface area contributed by atoms with Crippen LogP contribution in [0, 0.1) is 5.82 Å². The van der Waals surface area contributed by atoms with Crippen LogP contribution in [0.4, 0.5) is 10.1 Å². The molecule has 0 bridgehead atoms. The van der Waals surface area contributed by atoms with E-state index in [1.807, 2.05) is 0 Å². The molecule has 2 aromatic rings. The molecule has 0 saturated heterocycles. The summed E-state index contributed by atoms with van der Waals surface area (Å²) in [5, 5.41) is 0. The molecule has 0 amide bonds. The summed E-state index contributed by atoms with van der Waals surface area (Å²) in [6.07, 6.45) is 0. The maximum absolute atomic E-state index is 13.4. The lowest BCUT2D eigenvalue weighted by atomic mass is 10.3. The first-order chi connectivity index (χ1) is 7.66. The molecule has 0 aromatic heterocycles. The molecule has 0 aliphatic carbocycles. The summed E-state index contributed by atoms with van der Waals surface area (Å²) in [7, 11) is 0. The van der Waals surface area contributed by atoms with E-state index in [1.165, 1.54) is 6.07 Å². The van der Waals surface area contributed by atoms with Crippen LogP contribution in [0.2, 0.25) is 0 Å². The van der Waals surface area contributed by atoms with Gasteiger partial charge in [-0.15, -0.1) is 0 Å². The van der Waals surface area contributed by atoms with E-state index in [1.54, 1.807) is 36.4 Å². The first-order valence-corrected chi connectivity index (χ1v) is 5.43. The molecule has 0 aliphatic rings. The summed E-state index contributed by atoms with van der Waals surface area (Å²) in [6.45, 7) is 0. The van der Waals surface area contributed by atoms with Gasteiger partial charge in [-0.3, -0.25) is 0 Å². The van der Waals surface area contributed by atoms with Crippen molar-refractivity contribution in [2.75, 3.05) is 5.73 Å². The van der Waals surface area contributed by atoms with E-state index in [9.17, 15) is 4.39 Å². The van der Waals surface area contributed by atoms with E-state index in [2.05, 4.69) is 15.9 Å². The van der Waals surface area contributed by atoms with E-state index in [0.29, 0.717) is 11.4 Å². The fourth-order valence-electron chi connectivity index (χ4n) is 1.25. The number of rotatable bonds is 2. The molecule has 2 nitrogen and oxygen atoms in total. The molecule has 2 N–H and O–H groups in total. The highest BCUT2D eigenvalue weighted by atomic mass is 79.9. The normalized spacial score (nSPS) is 10.1. The van der Waals surface area contributed by atoms with E-state index in [0.717, 1.165) is 4.47 Å². The average molecular weight is 282 g/mol. The highest BCUT2D eigenvalue weighted by Crippen LogP contribution is 2.30. The second-order valence-electron chi connectivity index (χ2n) is 3.21. The number of benzene rings is 2. The minimum atomic E-state index is -0.425. The van der Waals surface area contributed by atoms with E-state index in [4.69, 9.17) is 10.5 Å². The molecule has 2 rings (SSSR count). The van der Waals surface area contributed by atoms with Crippen LogP contribution >= 0.6 is 15.9 Å². The van der Waals surface area contributed by atoms with Crippen molar-refractivity contribution < 1.29 is 9.13 Å². The van der Waals surface area contributed by atoms with Crippen LogP contribution < -0.4 is 10.5 Å². The van der Waals surface area contributed by atoms with Gasteiger partial charge < -0.3 is 10.5 Å². The van der Waals surface area contributed by atoms with Crippen molar-refractivity contribution in [1.82, 2.24) is 0 Å². The molecule has 16 heavy (non-hydrogen) atoms. The van der Waals surface area contributed by atoms with Crippen LogP contribution in [0.25, 0.3) is 0 Å². The Morgan fingerprint density at radius 2 is 1.81 bits per heavy atom. The van der Waals surface area contributed by atoms with Crippen LogP contribution in [-0.4, -0.2) is 0 Å². The molecule has 0 fully saturated rings. The number of ether oxygens (including phenoxy) is 1. The van der Waals surface area contributed by atoms with Gasteiger partial charge in [-0.05, 0) is 30.3 Å². The van der Waals surface area contributed by atoms with Gasteiger partial charge in [0.25, 0.3) is 0 Å². The van der Waals surface area contributed by atoms with Gasteiger partial charge in [-0.1, -0.05) is 28.1 Å². The summed E-state index contributed by atoms with van der Waals surface area (Å²) >= 11 is 3.25. The molecule has 0 atom stereocenters. The molecule has 2 aromatic carbocycles. The fourth-order valence-corrected chi connectivity index (χ4v) is 1.59. The van der Waals surface area contributed by atoms with Crippen LogP contribution in [0.1, 0.15) is 0 Å². The van der Waals surface area contributed by atoms with Crippen LogP contribution in [0.5, 0.6) is 11.5 Å². The second kappa shape index (κ2) is 4.53. The van der Waals surface area contributed by atoms with E-state index < -0.39 is 5.82 Å². The molecular formula is C12H9BrFNO. The van der Waals surface area contributed by atoms with Gasteiger partial charge in [0.2, 0.25) is 0 Å². The highest BCUT2D eigenvalue weighted by molar-refractivity contribution is 9.10. The first kappa shape index (κ1) is 11.0. The molecular weight excluding hydrogens is 273 g/mol. The molecule has 0 unspecified atom stereocenters. The SMILES string of the molecule is Nc1ccccc1Oc1cc(Br)ccc1F. The smallest absolute Gasteiger partial charge is 0.165 e. The topological polar surface area (TPSA) is 35.2 Å². The number of nitrogens with two attached hydrogens (primary N) is 1. The Morgan fingerprint density at radius 1 is 1.06 bits per heavy atom. The summed E-state index contributed by atoms with van der Waals surface area (Å²) in [5.74, 6) is 0.165. The zero-order chi connectivity index (χ0) is 11.5. The summed E-state index contributed by atoms with van der Waals surface area (Å²) in [4.78, 5) is 0. The van der Waals surface area contributed by atoms with E-state index >= 15 is 0 Å². The van der Waals surface area contributed by atoms with Crippen molar-refractivity contribution in [2.24, 2.45) is 0 Å². The van der Waals surface area contributed by atoms with Gasteiger partial charge in [0.05, 0.1) is 5.69 Å². The van der Waals surface area contributed by atoms with Gasteiger partial charge >= 0.3 is 0 Å². The van der Waals surface area contributed by atoms with Gasteiger partial charge in [0.15, 0.2) is 11.6 Å².